The van der Waals surface area contributed by atoms with Gasteiger partial charge in [-0.3, -0.25) is 4.98 Å². The molecule has 0 unspecified atom stereocenters. The Hall–Kier alpha value is -1.84. The zero-order valence-electron chi connectivity index (χ0n) is 7.55. The summed E-state index contributed by atoms with van der Waals surface area (Å²) in [5.74, 6) is -2.15. The lowest BCUT2D eigenvalue weighted by Gasteiger charge is -2.03. The monoisotopic (exact) mass is 209 g/mol. The average molecular weight is 209 g/mol. The van der Waals surface area contributed by atoms with Crippen molar-refractivity contribution < 1.29 is 13.2 Å². The minimum absolute atomic E-state index is 0.160. The van der Waals surface area contributed by atoms with E-state index in [9.17, 15) is 13.2 Å². The standard InChI is InChI=1S/C11H6F3N/c12-8-3-1-2-7(4-8)11-9(13)5-15-6-10(11)14/h1-6H. The summed E-state index contributed by atoms with van der Waals surface area (Å²) < 4.78 is 39.3. The van der Waals surface area contributed by atoms with Crippen molar-refractivity contribution >= 4 is 0 Å². The normalized spacial score (nSPS) is 10.3. The zero-order valence-corrected chi connectivity index (χ0v) is 7.55. The molecule has 0 spiro atoms. The van der Waals surface area contributed by atoms with Gasteiger partial charge < -0.3 is 0 Å². The van der Waals surface area contributed by atoms with E-state index in [-0.39, 0.29) is 11.1 Å². The molecule has 2 rings (SSSR count). The molecule has 4 heteroatoms. The number of rotatable bonds is 1. The van der Waals surface area contributed by atoms with Gasteiger partial charge in [0, 0.05) is 0 Å². The summed E-state index contributed by atoms with van der Waals surface area (Å²) in [6.45, 7) is 0. The van der Waals surface area contributed by atoms with Crippen LogP contribution in [0.25, 0.3) is 11.1 Å². The third kappa shape index (κ3) is 1.83. The molecule has 0 aliphatic heterocycles. The van der Waals surface area contributed by atoms with Gasteiger partial charge in [0.25, 0.3) is 0 Å². The molecular formula is C11H6F3N. The Labute approximate surface area is 84.2 Å². The quantitative estimate of drug-likeness (QED) is 0.702. The van der Waals surface area contributed by atoms with E-state index in [1.54, 1.807) is 0 Å². The number of halogens is 3. The van der Waals surface area contributed by atoms with Crippen molar-refractivity contribution in [1.29, 1.82) is 0 Å². The molecule has 0 fully saturated rings. The molecule has 0 saturated heterocycles. The van der Waals surface area contributed by atoms with Crippen LogP contribution in [0.2, 0.25) is 0 Å². The number of nitrogens with zero attached hydrogens (tertiary/aromatic N) is 1. The third-order valence-corrected chi connectivity index (χ3v) is 1.97. The first kappa shape index (κ1) is 9.71. The lowest BCUT2D eigenvalue weighted by atomic mass is 10.1. The van der Waals surface area contributed by atoms with Crippen LogP contribution in [-0.2, 0) is 0 Å². The molecule has 76 valence electrons. The fraction of sp³-hybridized carbons (Fsp3) is 0. The number of hydrogen-bond donors (Lipinski definition) is 0. The molecule has 1 heterocycles. The van der Waals surface area contributed by atoms with E-state index >= 15 is 0 Å². The van der Waals surface area contributed by atoms with E-state index < -0.39 is 17.5 Å². The largest absolute Gasteiger partial charge is 0.259 e. The van der Waals surface area contributed by atoms with E-state index in [4.69, 9.17) is 0 Å². The van der Waals surface area contributed by atoms with Gasteiger partial charge in [-0.1, -0.05) is 12.1 Å². The molecule has 1 aromatic carbocycles. The molecule has 0 saturated carbocycles. The highest BCUT2D eigenvalue weighted by molar-refractivity contribution is 5.64. The Kier molecular flexibility index (Phi) is 2.41. The Morgan fingerprint density at radius 1 is 0.933 bits per heavy atom. The Balaban J connectivity index is 2.63. The summed E-state index contributed by atoms with van der Waals surface area (Å²) in [7, 11) is 0. The Bertz CT molecular complexity index is 477. The highest BCUT2D eigenvalue weighted by Gasteiger charge is 2.11. The van der Waals surface area contributed by atoms with Gasteiger partial charge >= 0.3 is 0 Å². The molecule has 0 radical (unpaired) electrons. The molecule has 15 heavy (non-hydrogen) atoms. The Morgan fingerprint density at radius 2 is 1.60 bits per heavy atom. The van der Waals surface area contributed by atoms with Crippen LogP contribution < -0.4 is 0 Å². The van der Waals surface area contributed by atoms with Crippen molar-refractivity contribution in [1.82, 2.24) is 4.98 Å². The molecule has 0 N–H and O–H groups in total. The smallest absolute Gasteiger partial charge is 0.152 e. The minimum atomic E-state index is -0.805. The van der Waals surface area contributed by atoms with Gasteiger partial charge in [0.2, 0.25) is 0 Å². The molecule has 0 bridgehead atoms. The van der Waals surface area contributed by atoms with Gasteiger partial charge in [-0.2, -0.15) is 0 Å². The third-order valence-electron chi connectivity index (χ3n) is 1.97. The first-order chi connectivity index (χ1) is 7.18. The maximum absolute atomic E-state index is 13.2. The van der Waals surface area contributed by atoms with E-state index in [0.29, 0.717) is 0 Å². The Morgan fingerprint density at radius 3 is 2.20 bits per heavy atom. The molecule has 0 amide bonds. The van der Waals surface area contributed by atoms with E-state index in [1.807, 2.05) is 0 Å². The van der Waals surface area contributed by atoms with E-state index in [2.05, 4.69) is 4.98 Å². The second-order valence-electron chi connectivity index (χ2n) is 2.99. The van der Waals surface area contributed by atoms with Gasteiger partial charge in [0.1, 0.15) is 5.82 Å². The topological polar surface area (TPSA) is 12.9 Å². The van der Waals surface area contributed by atoms with Gasteiger partial charge in [-0.25, -0.2) is 13.2 Å². The van der Waals surface area contributed by atoms with Crippen molar-refractivity contribution in [3.63, 3.8) is 0 Å². The van der Waals surface area contributed by atoms with Crippen molar-refractivity contribution in [3.05, 3.63) is 54.1 Å². The predicted molar refractivity (Wildman–Crippen MR) is 49.5 cm³/mol. The van der Waals surface area contributed by atoms with Gasteiger partial charge in [0.15, 0.2) is 11.6 Å². The van der Waals surface area contributed by atoms with Crippen molar-refractivity contribution in [2.75, 3.05) is 0 Å². The first-order valence-corrected chi connectivity index (χ1v) is 4.23. The first-order valence-electron chi connectivity index (χ1n) is 4.23. The summed E-state index contributed by atoms with van der Waals surface area (Å²) in [5, 5.41) is 0. The highest BCUT2D eigenvalue weighted by Crippen LogP contribution is 2.25. The van der Waals surface area contributed by atoms with E-state index in [0.717, 1.165) is 18.5 Å². The summed E-state index contributed by atoms with van der Waals surface area (Å²) in [5.41, 5.74) is -0.100. The van der Waals surface area contributed by atoms with Crippen molar-refractivity contribution in [2.24, 2.45) is 0 Å². The molecular weight excluding hydrogens is 203 g/mol. The van der Waals surface area contributed by atoms with Gasteiger partial charge in [-0.15, -0.1) is 0 Å². The number of aromatic nitrogens is 1. The predicted octanol–water partition coefficient (Wildman–Crippen LogP) is 3.17. The summed E-state index contributed by atoms with van der Waals surface area (Å²) in [6, 6.07) is 5.11. The molecule has 2 aromatic rings. The maximum Gasteiger partial charge on any atom is 0.152 e. The van der Waals surface area contributed by atoms with Crippen LogP contribution in [0.1, 0.15) is 0 Å². The lowest BCUT2D eigenvalue weighted by molar-refractivity contribution is 0.578. The van der Waals surface area contributed by atoms with Crippen LogP contribution in [-0.4, -0.2) is 4.98 Å². The van der Waals surface area contributed by atoms with Crippen molar-refractivity contribution in [3.8, 4) is 11.1 Å². The highest BCUT2D eigenvalue weighted by atomic mass is 19.1. The van der Waals surface area contributed by atoms with Crippen LogP contribution in [0.3, 0.4) is 0 Å². The summed E-state index contributed by atoms with van der Waals surface area (Å²) in [4.78, 5) is 3.35. The van der Waals surface area contributed by atoms with Crippen LogP contribution in [0, 0.1) is 17.5 Å². The fourth-order valence-corrected chi connectivity index (χ4v) is 1.33. The number of benzene rings is 1. The second kappa shape index (κ2) is 3.73. The van der Waals surface area contributed by atoms with Gasteiger partial charge in [0.05, 0.1) is 18.0 Å². The van der Waals surface area contributed by atoms with Crippen LogP contribution >= 0.6 is 0 Å². The minimum Gasteiger partial charge on any atom is -0.259 e. The van der Waals surface area contributed by atoms with E-state index in [1.165, 1.54) is 18.2 Å². The zero-order chi connectivity index (χ0) is 10.8. The van der Waals surface area contributed by atoms with Crippen LogP contribution in [0.5, 0.6) is 0 Å². The molecule has 1 aromatic heterocycles. The molecule has 1 nitrogen and oxygen atoms in total. The number of pyridine rings is 1. The van der Waals surface area contributed by atoms with Gasteiger partial charge in [-0.05, 0) is 17.7 Å². The SMILES string of the molecule is Fc1cccc(-c2c(F)cncc2F)c1. The van der Waals surface area contributed by atoms with Crippen LogP contribution in [0.15, 0.2) is 36.7 Å². The second-order valence-corrected chi connectivity index (χ2v) is 2.99. The average Bonchev–Trinajstić information content (AvgIpc) is 2.17. The maximum atomic E-state index is 13.2. The van der Waals surface area contributed by atoms with Crippen LogP contribution in [0.4, 0.5) is 13.2 Å². The summed E-state index contributed by atoms with van der Waals surface area (Å²) >= 11 is 0. The lowest BCUT2D eigenvalue weighted by Crippen LogP contribution is -1.92. The summed E-state index contributed by atoms with van der Waals surface area (Å²) in [6.07, 6.45) is 1.78. The fourth-order valence-electron chi connectivity index (χ4n) is 1.33. The molecule has 0 aliphatic rings. The molecule has 0 aliphatic carbocycles. The molecule has 0 atom stereocenters. The van der Waals surface area contributed by atoms with Crippen molar-refractivity contribution in [2.45, 2.75) is 0 Å². The number of hydrogen-bond acceptors (Lipinski definition) is 1.